The molecule has 17 heavy (non-hydrogen) atoms. The highest BCUT2D eigenvalue weighted by Crippen LogP contribution is 2.36. The van der Waals surface area contributed by atoms with E-state index in [1.165, 1.54) is 12.3 Å². The van der Waals surface area contributed by atoms with E-state index in [2.05, 4.69) is 5.32 Å². The maximum absolute atomic E-state index is 12.7. The van der Waals surface area contributed by atoms with Crippen LogP contribution in [0.3, 0.4) is 0 Å². The van der Waals surface area contributed by atoms with Crippen molar-refractivity contribution in [1.82, 2.24) is 5.32 Å². The van der Waals surface area contributed by atoms with Crippen LogP contribution in [0.1, 0.15) is 11.1 Å². The van der Waals surface area contributed by atoms with Crippen molar-refractivity contribution in [3.8, 4) is 0 Å². The van der Waals surface area contributed by atoms with Gasteiger partial charge in [0.1, 0.15) is 5.58 Å². The lowest BCUT2D eigenvalue weighted by atomic mass is 10.1. The molecule has 5 heteroatoms. The first kappa shape index (κ1) is 12.0. The summed E-state index contributed by atoms with van der Waals surface area (Å²) < 4.78 is 43.2. The van der Waals surface area contributed by atoms with Crippen molar-refractivity contribution in [2.45, 2.75) is 12.6 Å². The molecule has 0 aliphatic heterocycles. The Morgan fingerprint density at radius 3 is 2.71 bits per heavy atom. The zero-order chi connectivity index (χ0) is 12.5. The number of hydrogen-bond donors (Lipinski definition) is 1. The van der Waals surface area contributed by atoms with Crippen LogP contribution in [0.2, 0.25) is 0 Å². The molecule has 0 saturated heterocycles. The minimum absolute atomic E-state index is 0.0777. The van der Waals surface area contributed by atoms with E-state index < -0.39 is 11.7 Å². The Morgan fingerprint density at radius 2 is 2.06 bits per heavy atom. The van der Waals surface area contributed by atoms with Crippen LogP contribution in [-0.2, 0) is 12.6 Å². The lowest BCUT2D eigenvalue weighted by molar-refractivity contribution is -0.136. The van der Waals surface area contributed by atoms with Crippen LogP contribution in [0.5, 0.6) is 0 Å². The first-order valence-electron chi connectivity index (χ1n) is 5.25. The van der Waals surface area contributed by atoms with Crippen molar-refractivity contribution in [3.05, 3.63) is 35.6 Å². The van der Waals surface area contributed by atoms with Gasteiger partial charge in [-0.1, -0.05) is 12.1 Å². The van der Waals surface area contributed by atoms with Crippen LogP contribution >= 0.6 is 0 Å². The zero-order valence-corrected chi connectivity index (χ0v) is 9.27. The summed E-state index contributed by atoms with van der Waals surface area (Å²) in [7, 11) is 1.80. The number of rotatable bonds is 3. The van der Waals surface area contributed by atoms with Crippen LogP contribution in [0.15, 0.2) is 28.9 Å². The Bertz CT molecular complexity index is 516. The number of hydrogen-bond acceptors (Lipinski definition) is 2. The molecule has 92 valence electrons. The predicted molar refractivity (Wildman–Crippen MR) is 58.8 cm³/mol. The summed E-state index contributed by atoms with van der Waals surface area (Å²) in [5.41, 5.74) is -0.00254. The highest BCUT2D eigenvalue weighted by atomic mass is 19.4. The maximum Gasteiger partial charge on any atom is 0.420 e. The van der Waals surface area contributed by atoms with Gasteiger partial charge in [0.2, 0.25) is 0 Å². The summed E-state index contributed by atoms with van der Waals surface area (Å²) in [6, 6.07) is 4.09. The third-order valence-electron chi connectivity index (χ3n) is 2.63. The quantitative estimate of drug-likeness (QED) is 0.895. The normalized spacial score (nSPS) is 12.2. The molecule has 1 aromatic heterocycles. The summed E-state index contributed by atoms with van der Waals surface area (Å²) in [5.74, 6) is 0. The fraction of sp³-hybridized carbons (Fsp3) is 0.333. The molecule has 2 rings (SSSR count). The topological polar surface area (TPSA) is 25.2 Å². The van der Waals surface area contributed by atoms with Crippen LogP contribution < -0.4 is 5.32 Å². The molecule has 0 aliphatic rings. The Kier molecular flexibility index (Phi) is 3.11. The van der Waals surface area contributed by atoms with Gasteiger partial charge in [-0.05, 0) is 31.6 Å². The van der Waals surface area contributed by atoms with Crippen molar-refractivity contribution in [3.63, 3.8) is 0 Å². The molecular weight excluding hydrogens is 231 g/mol. The molecule has 0 saturated carbocycles. The Labute approximate surface area is 96.4 Å². The number of benzene rings is 1. The number of para-hydroxylation sites is 1. The van der Waals surface area contributed by atoms with Crippen molar-refractivity contribution in [2.75, 3.05) is 13.6 Å². The van der Waals surface area contributed by atoms with Crippen LogP contribution in [0.25, 0.3) is 11.0 Å². The number of fused-ring (bicyclic) bond motifs is 1. The van der Waals surface area contributed by atoms with Crippen molar-refractivity contribution < 1.29 is 17.6 Å². The van der Waals surface area contributed by atoms with Gasteiger partial charge in [0.15, 0.2) is 0 Å². The standard InChI is InChI=1S/C12H12F3NO/c1-16-6-5-8-7-17-11-9(8)3-2-4-10(11)12(13,14)15/h2-4,7,16H,5-6H2,1H3. The summed E-state index contributed by atoms with van der Waals surface area (Å²) in [4.78, 5) is 0. The predicted octanol–water partition coefficient (Wildman–Crippen LogP) is 3.21. The van der Waals surface area contributed by atoms with E-state index in [-0.39, 0.29) is 5.58 Å². The van der Waals surface area contributed by atoms with Gasteiger partial charge in [-0.3, -0.25) is 0 Å². The molecule has 0 fully saturated rings. The van der Waals surface area contributed by atoms with Gasteiger partial charge in [-0.15, -0.1) is 0 Å². The molecule has 1 N–H and O–H groups in total. The molecule has 0 atom stereocenters. The summed E-state index contributed by atoms with van der Waals surface area (Å²) >= 11 is 0. The van der Waals surface area contributed by atoms with E-state index in [4.69, 9.17) is 4.42 Å². The largest absolute Gasteiger partial charge is 0.463 e. The minimum atomic E-state index is -4.38. The highest BCUT2D eigenvalue weighted by molar-refractivity contribution is 5.84. The molecule has 0 radical (unpaired) electrons. The Balaban J connectivity index is 2.49. The maximum atomic E-state index is 12.7. The van der Waals surface area contributed by atoms with Crippen molar-refractivity contribution in [1.29, 1.82) is 0 Å². The van der Waals surface area contributed by atoms with Crippen LogP contribution in [0, 0.1) is 0 Å². The minimum Gasteiger partial charge on any atom is -0.463 e. The van der Waals surface area contributed by atoms with Crippen LogP contribution in [-0.4, -0.2) is 13.6 Å². The van der Waals surface area contributed by atoms with E-state index in [0.717, 1.165) is 11.6 Å². The number of likely N-dealkylation sites (N-methyl/N-ethyl adjacent to an activating group) is 1. The lowest BCUT2D eigenvalue weighted by Gasteiger charge is -2.06. The van der Waals surface area contributed by atoms with Gasteiger partial charge in [0.05, 0.1) is 11.8 Å². The fourth-order valence-corrected chi connectivity index (χ4v) is 1.79. The van der Waals surface area contributed by atoms with Crippen molar-refractivity contribution in [2.24, 2.45) is 0 Å². The van der Waals surface area contributed by atoms with E-state index in [0.29, 0.717) is 18.4 Å². The third kappa shape index (κ3) is 2.29. The van der Waals surface area contributed by atoms with E-state index in [1.807, 2.05) is 0 Å². The van der Waals surface area contributed by atoms with Gasteiger partial charge in [0, 0.05) is 5.39 Å². The molecule has 1 aromatic carbocycles. The van der Waals surface area contributed by atoms with Crippen molar-refractivity contribution >= 4 is 11.0 Å². The number of furan rings is 1. The summed E-state index contributed by atoms with van der Waals surface area (Å²) in [6.07, 6.45) is -2.33. The first-order chi connectivity index (χ1) is 8.04. The Hall–Kier alpha value is -1.49. The Morgan fingerprint density at radius 1 is 1.29 bits per heavy atom. The van der Waals surface area contributed by atoms with Crippen LogP contribution in [0.4, 0.5) is 13.2 Å². The number of alkyl halides is 3. The number of nitrogens with one attached hydrogen (secondary N) is 1. The first-order valence-corrected chi connectivity index (χ1v) is 5.25. The molecule has 0 unspecified atom stereocenters. The van der Waals surface area contributed by atoms with Gasteiger partial charge in [-0.2, -0.15) is 13.2 Å². The van der Waals surface area contributed by atoms with Gasteiger partial charge >= 0.3 is 6.18 Å². The van der Waals surface area contributed by atoms with Gasteiger partial charge in [-0.25, -0.2) is 0 Å². The molecule has 0 aliphatic carbocycles. The molecule has 2 nitrogen and oxygen atoms in total. The second-order valence-corrected chi connectivity index (χ2v) is 3.79. The zero-order valence-electron chi connectivity index (χ0n) is 9.27. The second kappa shape index (κ2) is 4.41. The second-order valence-electron chi connectivity index (χ2n) is 3.79. The van der Waals surface area contributed by atoms with E-state index in [9.17, 15) is 13.2 Å². The van der Waals surface area contributed by atoms with E-state index in [1.54, 1.807) is 13.1 Å². The van der Waals surface area contributed by atoms with Gasteiger partial charge < -0.3 is 9.73 Å². The smallest absolute Gasteiger partial charge is 0.420 e. The average Bonchev–Trinajstić information content (AvgIpc) is 2.67. The molecular formula is C12H12F3NO. The highest BCUT2D eigenvalue weighted by Gasteiger charge is 2.34. The molecule has 2 aromatic rings. The third-order valence-corrected chi connectivity index (χ3v) is 2.63. The molecule has 0 bridgehead atoms. The molecule has 0 spiro atoms. The summed E-state index contributed by atoms with van der Waals surface area (Å²) in [6.45, 7) is 0.699. The number of halogens is 3. The molecule has 0 amide bonds. The fourth-order valence-electron chi connectivity index (χ4n) is 1.79. The SMILES string of the molecule is CNCCc1coc2c(C(F)(F)F)cccc12. The lowest BCUT2D eigenvalue weighted by Crippen LogP contribution is -2.10. The average molecular weight is 243 g/mol. The van der Waals surface area contributed by atoms with Gasteiger partial charge in [0.25, 0.3) is 0 Å². The van der Waals surface area contributed by atoms with E-state index >= 15 is 0 Å². The molecule has 1 heterocycles. The monoisotopic (exact) mass is 243 g/mol. The summed E-state index contributed by atoms with van der Waals surface area (Å²) in [5, 5.41) is 3.49.